The lowest BCUT2D eigenvalue weighted by molar-refractivity contribution is -0.120. The van der Waals surface area contributed by atoms with Gasteiger partial charge in [-0.2, -0.15) is 0 Å². The number of carbonyl (C=O) groups excluding carboxylic acids is 1. The normalized spacial score (nSPS) is 15.5. The largest absolute Gasteiger partial charge is 0.378 e. The molecule has 0 aromatic heterocycles. The second-order valence-electron chi connectivity index (χ2n) is 6.42. The van der Waals surface area contributed by atoms with Gasteiger partial charge in [-0.05, 0) is 30.2 Å². The van der Waals surface area contributed by atoms with E-state index < -0.39 is 0 Å². The van der Waals surface area contributed by atoms with E-state index in [9.17, 15) is 4.79 Å². The number of carbonyl (C=O) groups is 1. The molecule has 1 fully saturated rings. The molecule has 1 aliphatic heterocycles. The number of nitrogens with zero attached hydrogens (tertiary/aromatic N) is 1. The average Bonchev–Trinajstić information content (AvgIpc) is 2.72. The maximum atomic E-state index is 12.3. The van der Waals surface area contributed by atoms with Crippen LogP contribution >= 0.6 is 11.8 Å². The van der Waals surface area contributed by atoms with E-state index in [2.05, 4.69) is 46.6 Å². The van der Waals surface area contributed by atoms with Crippen molar-refractivity contribution >= 4 is 23.4 Å². The minimum Gasteiger partial charge on any atom is -0.378 e. The fourth-order valence-electron chi connectivity index (χ4n) is 2.85. The molecule has 138 valence electrons. The Morgan fingerprint density at radius 1 is 1.08 bits per heavy atom. The molecule has 1 N–H and O–H groups in total. The Hall–Kier alpha value is -1.98. The van der Waals surface area contributed by atoms with Crippen LogP contribution in [0, 0.1) is 0 Å². The third-order valence-electron chi connectivity index (χ3n) is 4.49. The van der Waals surface area contributed by atoms with Crippen LogP contribution in [0.4, 0.5) is 5.69 Å². The lowest BCUT2D eigenvalue weighted by Crippen LogP contribution is -2.36. The summed E-state index contributed by atoms with van der Waals surface area (Å²) >= 11 is 1.66. The van der Waals surface area contributed by atoms with Gasteiger partial charge in [-0.3, -0.25) is 4.79 Å². The number of morpholine rings is 1. The van der Waals surface area contributed by atoms with E-state index in [1.54, 1.807) is 11.8 Å². The lowest BCUT2D eigenvalue weighted by atomic mass is 10.2. The van der Waals surface area contributed by atoms with E-state index in [-0.39, 0.29) is 11.2 Å². The second-order valence-corrected chi connectivity index (χ2v) is 7.75. The van der Waals surface area contributed by atoms with E-state index in [0.29, 0.717) is 6.54 Å². The van der Waals surface area contributed by atoms with Crippen LogP contribution in [0.25, 0.3) is 0 Å². The molecule has 26 heavy (non-hydrogen) atoms. The molecule has 5 heteroatoms. The smallest absolute Gasteiger partial charge is 0.233 e. The van der Waals surface area contributed by atoms with Gasteiger partial charge < -0.3 is 15.0 Å². The average molecular weight is 371 g/mol. The summed E-state index contributed by atoms with van der Waals surface area (Å²) in [4.78, 5) is 14.6. The lowest BCUT2D eigenvalue weighted by Gasteiger charge is -2.28. The van der Waals surface area contributed by atoms with Gasteiger partial charge in [-0.1, -0.05) is 42.5 Å². The predicted octanol–water partition coefficient (Wildman–Crippen LogP) is 3.46. The van der Waals surface area contributed by atoms with Gasteiger partial charge in [0.05, 0.1) is 18.5 Å². The molecule has 2 aromatic carbocycles. The number of ether oxygens (including phenoxy) is 1. The van der Waals surface area contributed by atoms with E-state index in [1.165, 1.54) is 11.3 Å². The number of amides is 1. The Kier molecular flexibility index (Phi) is 6.97. The molecule has 0 aliphatic carbocycles. The number of hydrogen-bond donors (Lipinski definition) is 1. The van der Waals surface area contributed by atoms with Crippen molar-refractivity contribution in [2.75, 3.05) is 31.2 Å². The quantitative estimate of drug-likeness (QED) is 0.810. The van der Waals surface area contributed by atoms with E-state index in [4.69, 9.17) is 4.74 Å². The standard InChI is InChI=1S/C21H26N2O2S/c1-17(26-16-19-5-3-2-4-6-19)21(24)22-15-18-7-9-20(10-8-18)23-11-13-25-14-12-23/h2-10,17H,11-16H2,1H3,(H,22,24). The Morgan fingerprint density at radius 3 is 2.46 bits per heavy atom. The molecule has 1 saturated heterocycles. The van der Waals surface area contributed by atoms with Gasteiger partial charge in [0.1, 0.15) is 0 Å². The molecule has 1 amide bonds. The Balaban J connectivity index is 1.43. The molecular weight excluding hydrogens is 344 g/mol. The zero-order valence-electron chi connectivity index (χ0n) is 15.2. The van der Waals surface area contributed by atoms with Crippen LogP contribution < -0.4 is 10.2 Å². The molecule has 0 spiro atoms. The summed E-state index contributed by atoms with van der Waals surface area (Å²) in [6, 6.07) is 18.7. The van der Waals surface area contributed by atoms with Crippen molar-refractivity contribution in [3.63, 3.8) is 0 Å². The van der Waals surface area contributed by atoms with Gasteiger partial charge in [0.25, 0.3) is 0 Å². The Morgan fingerprint density at radius 2 is 1.77 bits per heavy atom. The van der Waals surface area contributed by atoms with Crippen molar-refractivity contribution in [3.05, 3.63) is 65.7 Å². The van der Waals surface area contributed by atoms with E-state index in [1.807, 2.05) is 25.1 Å². The molecule has 1 heterocycles. The first-order chi connectivity index (χ1) is 12.7. The third kappa shape index (κ3) is 5.51. The van der Waals surface area contributed by atoms with Gasteiger partial charge in [0.15, 0.2) is 0 Å². The maximum absolute atomic E-state index is 12.3. The SMILES string of the molecule is CC(SCc1ccccc1)C(=O)NCc1ccc(N2CCOCC2)cc1. The predicted molar refractivity (Wildman–Crippen MR) is 109 cm³/mol. The van der Waals surface area contributed by atoms with Crippen molar-refractivity contribution in [2.24, 2.45) is 0 Å². The highest BCUT2D eigenvalue weighted by Crippen LogP contribution is 2.19. The molecule has 0 bridgehead atoms. The number of anilines is 1. The summed E-state index contributed by atoms with van der Waals surface area (Å²) in [5.41, 5.74) is 3.58. The van der Waals surface area contributed by atoms with Gasteiger partial charge in [-0.15, -0.1) is 11.8 Å². The van der Waals surface area contributed by atoms with Crippen LogP contribution in [-0.2, 0) is 21.8 Å². The highest BCUT2D eigenvalue weighted by molar-refractivity contribution is 7.99. The molecule has 1 atom stereocenters. The van der Waals surface area contributed by atoms with Crippen LogP contribution in [-0.4, -0.2) is 37.5 Å². The summed E-state index contributed by atoms with van der Waals surface area (Å²) < 4.78 is 5.39. The van der Waals surface area contributed by atoms with Crippen molar-refractivity contribution < 1.29 is 9.53 Å². The summed E-state index contributed by atoms with van der Waals surface area (Å²) in [5, 5.41) is 2.97. The summed E-state index contributed by atoms with van der Waals surface area (Å²) in [6.07, 6.45) is 0. The number of benzene rings is 2. The van der Waals surface area contributed by atoms with E-state index >= 15 is 0 Å². The van der Waals surface area contributed by atoms with Gasteiger partial charge in [-0.25, -0.2) is 0 Å². The first kappa shape index (κ1) is 18.8. The summed E-state index contributed by atoms with van der Waals surface area (Å²) in [5.74, 6) is 0.937. The molecule has 2 aromatic rings. The van der Waals surface area contributed by atoms with Crippen molar-refractivity contribution in [1.29, 1.82) is 0 Å². The molecular formula is C21H26N2O2S. The highest BCUT2D eigenvalue weighted by atomic mass is 32.2. The van der Waals surface area contributed by atoms with Crippen LogP contribution in [0.1, 0.15) is 18.1 Å². The molecule has 3 rings (SSSR count). The number of thioether (sulfide) groups is 1. The first-order valence-corrected chi connectivity index (χ1v) is 10.1. The van der Waals surface area contributed by atoms with Gasteiger partial charge in [0.2, 0.25) is 5.91 Å². The minimum absolute atomic E-state index is 0.0668. The first-order valence-electron chi connectivity index (χ1n) is 9.07. The van der Waals surface area contributed by atoms with Crippen molar-refractivity contribution in [3.8, 4) is 0 Å². The molecule has 1 unspecified atom stereocenters. The topological polar surface area (TPSA) is 41.6 Å². The Labute approximate surface area is 159 Å². The molecule has 0 radical (unpaired) electrons. The summed E-state index contributed by atoms with van der Waals surface area (Å²) in [7, 11) is 0. The fourth-order valence-corrected chi connectivity index (χ4v) is 3.72. The molecule has 1 aliphatic rings. The maximum Gasteiger partial charge on any atom is 0.233 e. The van der Waals surface area contributed by atoms with Gasteiger partial charge in [0, 0.05) is 31.1 Å². The minimum atomic E-state index is -0.0668. The van der Waals surface area contributed by atoms with Gasteiger partial charge >= 0.3 is 0 Å². The molecule has 4 nitrogen and oxygen atoms in total. The zero-order chi connectivity index (χ0) is 18.2. The summed E-state index contributed by atoms with van der Waals surface area (Å²) in [6.45, 7) is 5.98. The fraction of sp³-hybridized carbons (Fsp3) is 0.381. The number of nitrogens with one attached hydrogen (secondary N) is 1. The van der Waals surface area contributed by atoms with Crippen LogP contribution in [0.5, 0.6) is 0 Å². The zero-order valence-corrected chi connectivity index (χ0v) is 16.0. The number of rotatable bonds is 7. The Bertz CT molecular complexity index is 685. The second kappa shape index (κ2) is 9.64. The van der Waals surface area contributed by atoms with Crippen LogP contribution in [0.15, 0.2) is 54.6 Å². The molecule has 0 saturated carbocycles. The monoisotopic (exact) mass is 370 g/mol. The van der Waals surface area contributed by atoms with Crippen molar-refractivity contribution in [2.45, 2.75) is 24.5 Å². The van der Waals surface area contributed by atoms with Crippen molar-refractivity contribution in [1.82, 2.24) is 5.32 Å². The van der Waals surface area contributed by atoms with Crippen LogP contribution in [0.2, 0.25) is 0 Å². The van der Waals surface area contributed by atoms with E-state index in [0.717, 1.165) is 37.6 Å². The third-order valence-corrected chi connectivity index (χ3v) is 5.71. The van der Waals surface area contributed by atoms with Crippen LogP contribution in [0.3, 0.4) is 0 Å². The number of hydrogen-bond acceptors (Lipinski definition) is 4. The highest BCUT2D eigenvalue weighted by Gasteiger charge is 2.14.